The number of benzene rings is 1. The Morgan fingerprint density at radius 1 is 1.35 bits per heavy atom. The number of hydrogen-bond acceptors (Lipinski definition) is 5. The third-order valence-corrected chi connectivity index (χ3v) is 4.86. The highest BCUT2D eigenvalue weighted by Gasteiger charge is 2.36. The van der Waals surface area contributed by atoms with Gasteiger partial charge >= 0.3 is 12.1 Å². The molecule has 0 spiro atoms. The molecule has 142 valence electrons. The predicted octanol–water partition coefficient (Wildman–Crippen LogP) is 2.11. The minimum absolute atomic E-state index is 0.135. The molecule has 1 saturated heterocycles. The van der Waals surface area contributed by atoms with Gasteiger partial charge < -0.3 is 15.2 Å². The number of ether oxygens (including phenoxy) is 1. The first kappa shape index (κ1) is 20.1. The summed E-state index contributed by atoms with van der Waals surface area (Å²) >= 11 is 1.52. The molecule has 0 aliphatic carbocycles. The zero-order valence-corrected chi connectivity index (χ0v) is 15.5. The Morgan fingerprint density at radius 2 is 2.08 bits per heavy atom. The van der Waals surface area contributed by atoms with Crippen LogP contribution in [0.1, 0.15) is 24.8 Å². The van der Waals surface area contributed by atoms with Gasteiger partial charge in [0, 0.05) is 6.54 Å². The largest absolute Gasteiger partial charge is 0.480 e. The van der Waals surface area contributed by atoms with Crippen molar-refractivity contribution in [1.82, 2.24) is 10.2 Å². The third kappa shape index (κ3) is 5.66. The number of nitrogens with one attached hydrogen (secondary N) is 1. The lowest BCUT2D eigenvalue weighted by Crippen LogP contribution is -2.51. The van der Waals surface area contributed by atoms with Crippen molar-refractivity contribution >= 4 is 29.7 Å². The quantitative estimate of drug-likeness (QED) is 0.717. The summed E-state index contributed by atoms with van der Waals surface area (Å²) in [4.78, 5) is 37.5. The summed E-state index contributed by atoms with van der Waals surface area (Å²) < 4.78 is 5.30. The number of carboxylic acids is 1. The van der Waals surface area contributed by atoms with E-state index in [0.717, 1.165) is 5.56 Å². The molecule has 2 N–H and O–H groups in total. The Hall–Kier alpha value is -2.22. The molecule has 8 heteroatoms. The van der Waals surface area contributed by atoms with Crippen LogP contribution in [0.15, 0.2) is 30.3 Å². The van der Waals surface area contributed by atoms with Crippen LogP contribution < -0.4 is 5.32 Å². The Balaban J connectivity index is 1.91. The second-order valence-corrected chi connectivity index (χ2v) is 7.06. The number of carbonyl (C=O) groups excluding carboxylic acids is 2. The summed E-state index contributed by atoms with van der Waals surface area (Å²) in [6.45, 7) is 0.560. The molecule has 1 fully saturated rings. The van der Waals surface area contributed by atoms with E-state index in [-0.39, 0.29) is 6.61 Å². The number of hydrogen-bond donors (Lipinski definition) is 2. The van der Waals surface area contributed by atoms with Crippen molar-refractivity contribution in [2.24, 2.45) is 0 Å². The maximum absolute atomic E-state index is 12.5. The number of carboxylic acid groups (broad SMARTS) is 1. The number of aliphatic carboxylic acids is 1. The molecule has 1 aromatic carbocycles. The smallest absolute Gasteiger partial charge is 0.410 e. The van der Waals surface area contributed by atoms with E-state index in [1.165, 1.54) is 16.7 Å². The Bertz CT molecular complexity index is 625. The van der Waals surface area contributed by atoms with Gasteiger partial charge in [0.15, 0.2) is 0 Å². The highest BCUT2D eigenvalue weighted by Crippen LogP contribution is 2.19. The second-order valence-electron chi connectivity index (χ2n) is 6.07. The molecule has 1 aliphatic rings. The van der Waals surface area contributed by atoms with Gasteiger partial charge in [-0.15, -0.1) is 0 Å². The molecule has 2 amide bonds. The first-order valence-corrected chi connectivity index (χ1v) is 9.91. The summed E-state index contributed by atoms with van der Waals surface area (Å²) in [6, 6.07) is 7.66. The van der Waals surface area contributed by atoms with Gasteiger partial charge in [-0.25, -0.2) is 9.59 Å². The molecule has 0 radical (unpaired) electrons. The van der Waals surface area contributed by atoms with Gasteiger partial charge in [0.25, 0.3) is 0 Å². The molecule has 1 aromatic rings. The van der Waals surface area contributed by atoms with Gasteiger partial charge in [-0.2, -0.15) is 11.8 Å². The summed E-state index contributed by atoms with van der Waals surface area (Å²) in [5, 5.41) is 11.8. The zero-order chi connectivity index (χ0) is 18.9. The first-order valence-electron chi connectivity index (χ1n) is 8.52. The van der Waals surface area contributed by atoms with E-state index in [1.807, 2.05) is 36.6 Å². The van der Waals surface area contributed by atoms with Crippen LogP contribution in [-0.4, -0.2) is 58.6 Å². The van der Waals surface area contributed by atoms with Gasteiger partial charge in [0.05, 0.1) is 0 Å². The number of nitrogens with zero attached hydrogens (tertiary/aromatic N) is 1. The number of amides is 2. The predicted molar refractivity (Wildman–Crippen MR) is 98.9 cm³/mol. The molecule has 7 nitrogen and oxygen atoms in total. The SMILES string of the molecule is CSCC[C@H](NC(=O)[C@@H]1CCCN1C(=O)OCc1ccccc1)C(=O)O. The van der Waals surface area contributed by atoms with Crippen LogP contribution in [0.3, 0.4) is 0 Å². The van der Waals surface area contributed by atoms with Gasteiger partial charge in [0.1, 0.15) is 18.7 Å². The monoisotopic (exact) mass is 380 g/mol. The number of likely N-dealkylation sites (tertiary alicyclic amines) is 1. The van der Waals surface area contributed by atoms with Crippen LogP contribution in [0.5, 0.6) is 0 Å². The van der Waals surface area contributed by atoms with Crippen molar-refractivity contribution < 1.29 is 24.2 Å². The number of rotatable bonds is 8. The molecule has 1 heterocycles. The second kappa shape index (κ2) is 10.1. The van der Waals surface area contributed by atoms with Crippen LogP contribution in [0, 0.1) is 0 Å². The van der Waals surface area contributed by atoms with Gasteiger partial charge in [-0.3, -0.25) is 9.69 Å². The Labute approximate surface area is 157 Å². The molecule has 2 atom stereocenters. The van der Waals surface area contributed by atoms with Crippen LogP contribution in [0.4, 0.5) is 4.79 Å². The topological polar surface area (TPSA) is 95.9 Å². The van der Waals surface area contributed by atoms with Crippen LogP contribution >= 0.6 is 11.8 Å². The van der Waals surface area contributed by atoms with Gasteiger partial charge in [0.2, 0.25) is 5.91 Å². The lowest BCUT2D eigenvalue weighted by atomic mass is 10.1. The fraction of sp³-hybridized carbons (Fsp3) is 0.500. The van der Waals surface area contributed by atoms with Gasteiger partial charge in [-0.1, -0.05) is 30.3 Å². The van der Waals surface area contributed by atoms with E-state index < -0.39 is 30.1 Å². The van der Waals surface area contributed by atoms with Crippen molar-refractivity contribution in [3.05, 3.63) is 35.9 Å². The maximum Gasteiger partial charge on any atom is 0.410 e. The fourth-order valence-electron chi connectivity index (χ4n) is 2.82. The van der Waals surface area contributed by atoms with Crippen molar-refractivity contribution in [2.75, 3.05) is 18.6 Å². The van der Waals surface area contributed by atoms with Crippen molar-refractivity contribution in [2.45, 2.75) is 38.0 Å². The lowest BCUT2D eigenvalue weighted by Gasteiger charge is -2.25. The fourth-order valence-corrected chi connectivity index (χ4v) is 3.29. The number of thioether (sulfide) groups is 1. The van der Waals surface area contributed by atoms with Gasteiger partial charge in [-0.05, 0) is 36.8 Å². The van der Waals surface area contributed by atoms with Crippen LogP contribution in [0.2, 0.25) is 0 Å². The number of carbonyl (C=O) groups is 3. The average molecular weight is 380 g/mol. The molecule has 0 saturated carbocycles. The molecule has 0 bridgehead atoms. The molecular weight excluding hydrogens is 356 g/mol. The Morgan fingerprint density at radius 3 is 2.73 bits per heavy atom. The molecule has 0 unspecified atom stereocenters. The zero-order valence-electron chi connectivity index (χ0n) is 14.7. The molecule has 0 aromatic heterocycles. The van der Waals surface area contributed by atoms with Crippen molar-refractivity contribution in [3.8, 4) is 0 Å². The highest BCUT2D eigenvalue weighted by molar-refractivity contribution is 7.98. The molecular formula is C18H24N2O5S. The minimum Gasteiger partial charge on any atom is -0.480 e. The van der Waals surface area contributed by atoms with Crippen molar-refractivity contribution in [1.29, 1.82) is 0 Å². The minimum atomic E-state index is -1.07. The summed E-state index contributed by atoms with van der Waals surface area (Å²) in [5.74, 6) is -0.874. The summed E-state index contributed by atoms with van der Waals surface area (Å²) in [6.07, 6.45) is 2.85. The molecule has 26 heavy (non-hydrogen) atoms. The molecule has 2 rings (SSSR count). The maximum atomic E-state index is 12.5. The Kier molecular flexibility index (Phi) is 7.77. The third-order valence-electron chi connectivity index (χ3n) is 4.22. The molecule has 1 aliphatic heterocycles. The van der Waals surface area contributed by atoms with E-state index in [2.05, 4.69) is 5.32 Å². The average Bonchev–Trinajstić information content (AvgIpc) is 3.13. The highest BCUT2D eigenvalue weighted by atomic mass is 32.2. The summed E-state index contributed by atoms with van der Waals surface area (Å²) in [5.41, 5.74) is 0.865. The van der Waals surface area contributed by atoms with Crippen LogP contribution in [0.25, 0.3) is 0 Å². The van der Waals surface area contributed by atoms with E-state index in [9.17, 15) is 19.5 Å². The standard InChI is InChI=1S/C18H24N2O5S/c1-26-11-9-14(17(22)23)19-16(21)15-8-5-10-20(15)18(24)25-12-13-6-3-2-4-7-13/h2-4,6-7,14-15H,5,8-12H2,1H3,(H,19,21)(H,22,23)/t14-,15-/m0/s1. The lowest BCUT2D eigenvalue weighted by molar-refractivity contribution is -0.142. The normalized spacial score (nSPS) is 17.6. The van der Waals surface area contributed by atoms with E-state index in [0.29, 0.717) is 31.6 Å². The first-order chi connectivity index (χ1) is 12.5. The van der Waals surface area contributed by atoms with E-state index >= 15 is 0 Å². The van der Waals surface area contributed by atoms with Crippen molar-refractivity contribution in [3.63, 3.8) is 0 Å². The van der Waals surface area contributed by atoms with E-state index in [1.54, 1.807) is 0 Å². The van der Waals surface area contributed by atoms with Crippen LogP contribution in [-0.2, 0) is 20.9 Å². The summed E-state index contributed by atoms with van der Waals surface area (Å²) in [7, 11) is 0. The van der Waals surface area contributed by atoms with E-state index in [4.69, 9.17) is 4.74 Å².